The highest BCUT2D eigenvalue weighted by Crippen LogP contribution is 2.50. The Kier molecular flexibility index (Phi) is 6.03. The van der Waals surface area contributed by atoms with E-state index in [1.54, 1.807) is 13.1 Å². The monoisotopic (exact) mass is 478 g/mol. The normalized spacial score (nSPS) is 20.4. The second kappa shape index (κ2) is 9.31. The van der Waals surface area contributed by atoms with Crippen molar-refractivity contribution in [1.29, 1.82) is 0 Å². The molecule has 5 rings (SSSR count). The maximum absolute atomic E-state index is 13.6. The van der Waals surface area contributed by atoms with E-state index >= 15 is 0 Å². The van der Waals surface area contributed by atoms with Gasteiger partial charge in [-0.2, -0.15) is 0 Å². The molecular weight excluding hydrogens is 452 g/mol. The largest absolute Gasteiger partial charge is 0.485 e. The number of carbonyl (C=O) groups is 2. The Morgan fingerprint density at radius 1 is 1.14 bits per heavy atom. The molecule has 2 atom stereocenters. The summed E-state index contributed by atoms with van der Waals surface area (Å²) in [6.07, 6.45) is 0.857. The molecule has 1 amide bonds. The summed E-state index contributed by atoms with van der Waals surface area (Å²) in [5, 5.41) is 0. The van der Waals surface area contributed by atoms with Crippen LogP contribution in [0.5, 0.6) is 5.75 Å². The van der Waals surface area contributed by atoms with E-state index in [1.165, 1.54) is 4.90 Å². The van der Waals surface area contributed by atoms with Gasteiger partial charge in [0.1, 0.15) is 11.9 Å². The Hall–Kier alpha value is -4.44. The number of aliphatic imine (C=N–C) groups is 1. The fourth-order valence-corrected chi connectivity index (χ4v) is 4.91. The summed E-state index contributed by atoms with van der Waals surface area (Å²) in [7, 11) is 1.63. The SMILES string of the molecule is [C-]#[N+]CCCC(=O)c1cccc(-c2ccc3c(c2)C2(CC(c4ccccc4)O3)N=C(N)N(C)C2=O)c1. The van der Waals surface area contributed by atoms with Crippen LogP contribution in [0.4, 0.5) is 0 Å². The molecule has 3 aromatic rings. The Labute approximate surface area is 210 Å². The molecule has 2 unspecified atom stereocenters. The highest BCUT2D eigenvalue weighted by molar-refractivity contribution is 6.07. The van der Waals surface area contributed by atoms with Gasteiger partial charge in [-0.1, -0.05) is 54.6 Å². The Morgan fingerprint density at radius 2 is 1.92 bits per heavy atom. The number of guanidine groups is 1. The van der Waals surface area contributed by atoms with E-state index < -0.39 is 5.54 Å². The molecule has 0 fully saturated rings. The number of fused-ring (bicyclic) bond motifs is 2. The fourth-order valence-electron chi connectivity index (χ4n) is 4.91. The first-order valence-electron chi connectivity index (χ1n) is 11.9. The second-order valence-corrected chi connectivity index (χ2v) is 9.12. The number of likely N-dealkylation sites (N-methyl/N-ethyl adjacent to an activating group) is 1. The molecule has 0 saturated carbocycles. The molecular formula is C29H26N4O3. The van der Waals surface area contributed by atoms with Gasteiger partial charge < -0.3 is 15.3 Å². The van der Waals surface area contributed by atoms with Crippen LogP contribution < -0.4 is 10.5 Å². The molecule has 2 aliphatic rings. The second-order valence-electron chi connectivity index (χ2n) is 9.12. The molecule has 2 N–H and O–H groups in total. The first kappa shape index (κ1) is 23.3. The Morgan fingerprint density at radius 3 is 2.64 bits per heavy atom. The van der Waals surface area contributed by atoms with Crippen molar-refractivity contribution in [3.63, 3.8) is 0 Å². The molecule has 180 valence electrons. The lowest BCUT2D eigenvalue weighted by atomic mass is 9.79. The molecule has 0 saturated heterocycles. The van der Waals surface area contributed by atoms with Crippen LogP contribution in [0.2, 0.25) is 0 Å². The van der Waals surface area contributed by atoms with Crippen LogP contribution in [-0.4, -0.2) is 36.1 Å². The summed E-state index contributed by atoms with van der Waals surface area (Å²) in [6.45, 7) is 7.24. The molecule has 7 nitrogen and oxygen atoms in total. The summed E-state index contributed by atoms with van der Waals surface area (Å²) in [5.74, 6) is 0.586. The number of nitrogens with two attached hydrogens (primary N) is 1. The highest BCUT2D eigenvalue weighted by Gasteiger charge is 2.53. The van der Waals surface area contributed by atoms with Crippen LogP contribution in [0, 0.1) is 6.57 Å². The number of nitrogens with zero attached hydrogens (tertiary/aromatic N) is 3. The third kappa shape index (κ3) is 4.01. The summed E-state index contributed by atoms with van der Waals surface area (Å²) in [6, 6.07) is 22.9. The summed E-state index contributed by atoms with van der Waals surface area (Å²) in [5.41, 5.74) is 8.87. The van der Waals surface area contributed by atoms with Crippen LogP contribution in [0.1, 0.15) is 46.9 Å². The van der Waals surface area contributed by atoms with Crippen molar-refractivity contribution >= 4 is 17.6 Å². The average molecular weight is 479 g/mol. The van der Waals surface area contributed by atoms with E-state index in [-0.39, 0.29) is 23.8 Å². The van der Waals surface area contributed by atoms with E-state index in [1.807, 2.05) is 66.7 Å². The van der Waals surface area contributed by atoms with Gasteiger partial charge in [0.2, 0.25) is 6.54 Å². The number of benzene rings is 3. The summed E-state index contributed by atoms with van der Waals surface area (Å²) >= 11 is 0. The number of amides is 1. The van der Waals surface area contributed by atoms with Gasteiger partial charge in [0.05, 0.1) is 0 Å². The van der Waals surface area contributed by atoms with E-state index in [4.69, 9.17) is 22.0 Å². The molecule has 0 aromatic heterocycles. The van der Waals surface area contributed by atoms with Crippen molar-refractivity contribution in [3.05, 3.63) is 101 Å². The first-order chi connectivity index (χ1) is 17.4. The lowest BCUT2D eigenvalue weighted by molar-refractivity contribution is -0.132. The molecule has 1 spiro atoms. The fraction of sp³-hybridized carbons (Fsp3) is 0.241. The van der Waals surface area contributed by atoms with Crippen molar-refractivity contribution in [2.24, 2.45) is 10.7 Å². The number of Topliss-reactive ketones (excluding diaryl/α,β-unsaturated/α-hetero) is 1. The van der Waals surface area contributed by atoms with Crippen molar-refractivity contribution in [1.82, 2.24) is 4.90 Å². The minimum Gasteiger partial charge on any atom is -0.485 e. The summed E-state index contributed by atoms with van der Waals surface area (Å²) < 4.78 is 6.37. The van der Waals surface area contributed by atoms with Crippen molar-refractivity contribution in [2.45, 2.75) is 30.9 Å². The number of hydrogen-bond donors (Lipinski definition) is 1. The van der Waals surface area contributed by atoms with Crippen molar-refractivity contribution < 1.29 is 14.3 Å². The van der Waals surface area contributed by atoms with Gasteiger partial charge in [-0.15, -0.1) is 0 Å². The van der Waals surface area contributed by atoms with Gasteiger partial charge in [0.15, 0.2) is 17.3 Å². The topological polar surface area (TPSA) is 89.3 Å². The predicted molar refractivity (Wildman–Crippen MR) is 137 cm³/mol. The van der Waals surface area contributed by atoms with Crippen LogP contribution in [0.25, 0.3) is 16.0 Å². The maximum atomic E-state index is 13.6. The number of hydrogen-bond acceptors (Lipinski definition) is 5. The van der Waals surface area contributed by atoms with E-state index in [2.05, 4.69) is 4.85 Å². The van der Waals surface area contributed by atoms with E-state index in [0.29, 0.717) is 42.7 Å². The lowest BCUT2D eigenvalue weighted by Gasteiger charge is -2.37. The quantitative estimate of drug-likeness (QED) is 0.315. The lowest BCUT2D eigenvalue weighted by Crippen LogP contribution is -2.43. The number of ketones is 1. The van der Waals surface area contributed by atoms with Gasteiger partial charge in [-0.05, 0) is 34.9 Å². The third-order valence-electron chi connectivity index (χ3n) is 6.85. The van der Waals surface area contributed by atoms with Gasteiger partial charge in [0.25, 0.3) is 5.91 Å². The molecule has 0 radical (unpaired) electrons. The molecule has 2 aliphatic heterocycles. The molecule has 0 aliphatic carbocycles. The van der Waals surface area contributed by atoms with E-state index in [0.717, 1.165) is 16.7 Å². The smallest absolute Gasteiger partial charge is 0.261 e. The molecule has 7 heteroatoms. The highest BCUT2D eigenvalue weighted by atomic mass is 16.5. The number of ether oxygens (including phenoxy) is 1. The average Bonchev–Trinajstić information content (AvgIpc) is 3.12. The van der Waals surface area contributed by atoms with Crippen LogP contribution in [0.15, 0.2) is 77.8 Å². The zero-order chi connectivity index (χ0) is 25.3. The zero-order valence-corrected chi connectivity index (χ0v) is 20.0. The van der Waals surface area contributed by atoms with Crippen LogP contribution in [-0.2, 0) is 10.3 Å². The third-order valence-corrected chi connectivity index (χ3v) is 6.85. The molecule has 2 heterocycles. The zero-order valence-electron chi connectivity index (χ0n) is 20.0. The minimum atomic E-state index is -1.18. The Balaban J connectivity index is 1.56. The van der Waals surface area contributed by atoms with Gasteiger partial charge >= 0.3 is 0 Å². The number of carbonyl (C=O) groups excluding carboxylic acids is 2. The molecule has 3 aromatic carbocycles. The molecule has 36 heavy (non-hydrogen) atoms. The predicted octanol–water partition coefficient (Wildman–Crippen LogP) is 4.74. The Bertz CT molecular complexity index is 1410. The van der Waals surface area contributed by atoms with Gasteiger partial charge in [-0.3, -0.25) is 14.5 Å². The van der Waals surface area contributed by atoms with Crippen molar-refractivity contribution in [3.8, 4) is 16.9 Å². The minimum absolute atomic E-state index is 0.00827. The van der Waals surface area contributed by atoms with E-state index in [9.17, 15) is 9.59 Å². The van der Waals surface area contributed by atoms with Gasteiger partial charge in [-0.25, -0.2) is 11.6 Å². The van der Waals surface area contributed by atoms with Crippen LogP contribution >= 0.6 is 0 Å². The number of rotatable bonds is 6. The molecule has 0 bridgehead atoms. The first-order valence-corrected chi connectivity index (χ1v) is 11.9. The van der Waals surface area contributed by atoms with Crippen LogP contribution in [0.3, 0.4) is 0 Å². The van der Waals surface area contributed by atoms with Crippen molar-refractivity contribution in [2.75, 3.05) is 13.6 Å². The standard InChI is InChI=1S/C29H26N4O3/c1-31-15-7-12-24(34)22-11-6-10-20(16-22)21-13-14-25-23(17-21)29(27(35)33(2)28(30)32-29)18-26(36-25)19-8-4-3-5-9-19/h3-6,8-11,13-14,16-17,26H,7,12,15,18H2,2H3,(H2,30,32). The van der Waals surface area contributed by atoms with Gasteiger partial charge in [0, 0.05) is 37.4 Å². The summed E-state index contributed by atoms with van der Waals surface area (Å²) in [4.78, 5) is 35.6. The maximum Gasteiger partial charge on any atom is 0.261 e.